The number of rotatable bonds is 1. The molecule has 1 saturated heterocycles. The van der Waals surface area contributed by atoms with Gasteiger partial charge in [-0.15, -0.1) is 0 Å². The molecule has 0 aromatic heterocycles. The Balaban J connectivity index is 1.55. The Morgan fingerprint density at radius 1 is 1.08 bits per heavy atom. The molecule has 1 aliphatic heterocycles. The highest BCUT2D eigenvalue weighted by atomic mass is 19.3. The summed E-state index contributed by atoms with van der Waals surface area (Å²) in [6.45, 7) is 0.830. The molecule has 0 radical (unpaired) electrons. The van der Waals surface area contributed by atoms with Crippen LogP contribution in [0.4, 0.5) is 17.6 Å². The van der Waals surface area contributed by atoms with Gasteiger partial charge in [0.15, 0.2) is 0 Å². The zero-order valence-electron chi connectivity index (χ0n) is 13.7. The Hall–Kier alpha value is -1.38. The average Bonchev–Trinajstić information content (AvgIpc) is 2.85. The molecule has 0 unspecified atom stereocenters. The number of likely N-dealkylation sites (tertiary alicyclic amines) is 1. The molecule has 9 heteroatoms. The number of carbonyl (C=O) groups excluding carboxylic acids is 2. The molecule has 5 nitrogen and oxygen atoms in total. The van der Waals surface area contributed by atoms with Gasteiger partial charge in [0.05, 0.1) is 12.1 Å². The quantitative estimate of drug-likeness (QED) is 0.547. The molecule has 2 atom stereocenters. The predicted molar refractivity (Wildman–Crippen MR) is 77.0 cm³/mol. The van der Waals surface area contributed by atoms with Crippen molar-refractivity contribution in [1.29, 1.82) is 0 Å². The zero-order valence-corrected chi connectivity index (χ0v) is 13.7. The number of amides is 2. The van der Waals surface area contributed by atoms with Gasteiger partial charge in [-0.25, -0.2) is 17.6 Å². The first-order chi connectivity index (χ1) is 11.3. The molecule has 0 aromatic rings. The Labute approximate surface area is 141 Å². The first-order valence-corrected chi connectivity index (χ1v) is 8.40. The van der Waals surface area contributed by atoms with E-state index in [4.69, 9.17) is 0 Å². The highest BCUT2D eigenvalue weighted by molar-refractivity contribution is 6.35. The van der Waals surface area contributed by atoms with Crippen molar-refractivity contribution in [1.82, 2.24) is 10.2 Å². The normalized spacial score (nSPS) is 45.8. The van der Waals surface area contributed by atoms with Gasteiger partial charge in [-0.2, -0.15) is 0 Å². The maximum absolute atomic E-state index is 14.0. The smallest absolute Gasteiger partial charge is 0.312 e. The monoisotopic (exact) mass is 364 g/mol. The number of aliphatic hydroxyl groups excluding tert-OH is 1. The second kappa shape index (κ2) is 4.47. The van der Waals surface area contributed by atoms with Crippen LogP contribution in [-0.4, -0.2) is 57.4 Å². The van der Waals surface area contributed by atoms with Crippen LogP contribution in [0.25, 0.3) is 0 Å². The molecule has 25 heavy (non-hydrogen) atoms. The summed E-state index contributed by atoms with van der Waals surface area (Å²) >= 11 is 0. The average molecular weight is 364 g/mol. The Morgan fingerprint density at radius 2 is 1.68 bits per heavy atom. The largest absolute Gasteiger partial charge is 0.384 e. The van der Waals surface area contributed by atoms with Crippen molar-refractivity contribution in [3.05, 3.63) is 0 Å². The summed E-state index contributed by atoms with van der Waals surface area (Å²) in [5, 5.41) is 12.5. The number of alkyl halides is 4. The summed E-state index contributed by atoms with van der Waals surface area (Å²) in [6.07, 6.45) is -2.45. The van der Waals surface area contributed by atoms with Crippen molar-refractivity contribution in [2.24, 2.45) is 5.41 Å². The third kappa shape index (κ3) is 2.23. The molecule has 5 aliphatic rings. The number of hydrogen-bond acceptors (Lipinski definition) is 3. The Morgan fingerprint density at radius 3 is 2.16 bits per heavy atom. The summed E-state index contributed by atoms with van der Waals surface area (Å²) in [6, 6.07) is 0. The topological polar surface area (TPSA) is 69.6 Å². The van der Waals surface area contributed by atoms with E-state index in [1.165, 1.54) is 0 Å². The van der Waals surface area contributed by atoms with Gasteiger partial charge < -0.3 is 15.3 Å². The molecule has 2 N–H and O–H groups in total. The lowest BCUT2D eigenvalue weighted by molar-refractivity contribution is -0.167. The van der Waals surface area contributed by atoms with Crippen LogP contribution in [0.5, 0.6) is 0 Å². The van der Waals surface area contributed by atoms with Crippen molar-refractivity contribution >= 4 is 11.8 Å². The van der Waals surface area contributed by atoms with Gasteiger partial charge in [-0.1, -0.05) is 6.92 Å². The van der Waals surface area contributed by atoms with Crippen molar-refractivity contribution < 1.29 is 32.3 Å². The van der Waals surface area contributed by atoms with Gasteiger partial charge in [0.2, 0.25) is 0 Å². The van der Waals surface area contributed by atoms with Crippen LogP contribution >= 0.6 is 0 Å². The van der Waals surface area contributed by atoms with Gasteiger partial charge >= 0.3 is 11.8 Å². The second-order valence-electron chi connectivity index (χ2n) is 8.77. The minimum atomic E-state index is -3.72. The van der Waals surface area contributed by atoms with E-state index in [1.807, 2.05) is 0 Å². The third-order valence-electron chi connectivity index (χ3n) is 6.42. The molecule has 2 bridgehead atoms. The van der Waals surface area contributed by atoms with Crippen LogP contribution < -0.4 is 5.32 Å². The fourth-order valence-corrected chi connectivity index (χ4v) is 5.60. The molecular weight excluding hydrogens is 344 g/mol. The third-order valence-corrected chi connectivity index (χ3v) is 6.42. The standard InChI is InChI=1S/C16H20F4N2O3/c1-12-4-13(5-12,6-12)21-9(23)10(24)22-8-16(19,20)11(25)14(22)2-3-15(17,18)7-14/h11,25H,2-8H2,1H3,(H,21,23)/t11-,12?,13?,14-/m1/s1. The summed E-state index contributed by atoms with van der Waals surface area (Å²) in [5.74, 6) is -9.29. The van der Waals surface area contributed by atoms with Crippen LogP contribution in [0, 0.1) is 5.41 Å². The Bertz CT molecular complexity index is 648. The molecular formula is C16H20F4N2O3. The number of halogens is 4. The molecule has 5 rings (SSSR count). The van der Waals surface area contributed by atoms with Crippen LogP contribution in [0.3, 0.4) is 0 Å². The van der Waals surface area contributed by atoms with E-state index in [2.05, 4.69) is 12.2 Å². The maximum Gasteiger partial charge on any atom is 0.312 e. The fraction of sp³-hybridized carbons (Fsp3) is 0.875. The van der Waals surface area contributed by atoms with Crippen molar-refractivity contribution in [2.45, 2.75) is 74.5 Å². The highest BCUT2D eigenvalue weighted by Gasteiger charge is 2.70. The number of nitrogens with zero attached hydrogens (tertiary/aromatic N) is 1. The second-order valence-corrected chi connectivity index (χ2v) is 8.77. The van der Waals surface area contributed by atoms with Crippen LogP contribution in [0.15, 0.2) is 0 Å². The zero-order chi connectivity index (χ0) is 18.5. The fourth-order valence-electron chi connectivity index (χ4n) is 5.60. The SMILES string of the molecule is CC12CC(NC(=O)C(=O)N3CC(F)(F)[C@H](O)[C@]34CCC(F)(F)C4)(C1)C2. The van der Waals surface area contributed by atoms with Gasteiger partial charge in [-0.3, -0.25) is 9.59 Å². The molecule has 1 heterocycles. The van der Waals surface area contributed by atoms with Crippen molar-refractivity contribution in [3.63, 3.8) is 0 Å². The molecule has 1 spiro atoms. The molecule has 4 aliphatic carbocycles. The van der Waals surface area contributed by atoms with Crippen LogP contribution in [0.2, 0.25) is 0 Å². The van der Waals surface area contributed by atoms with Gasteiger partial charge in [0.1, 0.15) is 6.10 Å². The number of hydrogen-bond donors (Lipinski definition) is 2. The van der Waals surface area contributed by atoms with Gasteiger partial charge in [-0.05, 0) is 31.1 Å². The lowest BCUT2D eigenvalue weighted by Gasteiger charge is -2.69. The lowest BCUT2D eigenvalue weighted by Crippen LogP contribution is -2.74. The number of aliphatic hydroxyl groups is 1. The molecule has 0 aromatic carbocycles. The van der Waals surface area contributed by atoms with Gasteiger partial charge in [0.25, 0.3) is 11.8 Å². The van der Waals surface area contributed by atoms with Crippen LogP contribution in [-0.2, 0) is 9.59 Å². The van der Waals surface area contributed by atoms with Gasteiger partial charge in [0, 0.05) is 18.4 Å². The lowest BCUT2D eigenvalue weighted by atomic mass is 9.40. The van der Waals surface area contributed by atoms with Crippen molar-refractivity contribution in [3.8, 4) is 0 Å². The molecule has 2 amide bonds. The number of carbonyl (C=O) groups is 2. The summed E-state index contributed by atoms with van der Waals surface area (Å²) < 4.78 is 55.4. The van der Waals surface area contributed by atoms with E-state index < -0.39 is 66.6 Å². The van der Waals surface area contributed by atoms with E-state index in [1.54, 1.807) is 0 Å². The maximum atomic E-state index is 14.0. The molecule has 5 fully saturated rings. The minimum absolute atomic E-state index is 0.169. The number of nitrogens with one attached hydrogen (secondary N) is 1. The first-order valence-electron chi connectivity index (χ1n) is 8.40. The van der Waals surface area contributed by atoms with E-state index in [0.29, 0.717) is 4.90 Å². The summed E-state index contributed by atoms with van der Waals surface area (Å²) in [7, 11) is 0. The van der Waals surface area contributed by atoms with E-state index in [0.717, 1.165) is 19.3 Å². The minimum Gasteiger partial charge on any atom is -0.384 e. The predicted octanol–water partition coefficient (Wildman–Crippen LogP) is 1.44. The summed E-state index contributed by atoms with van der Waals surface area (Å²) in [5.41, 5.74) is -2.39. The van der Waals surface area contributed by atoms with E-state index in [-0.39, 0.29) is 5.41 Å². The summed E-state index contributed by atoms with van der Waals surface area (Å²) in [4.78, 5) is 25.2. The highest BCUT2D eigenvalue weighted by Crippen LogP contribution is 2.66. The molecule has 4 saturated carbocycles. The molecule has 140 valence electrons. The first kappa shape index (κ1) is 17.1. The van der Waals surface area contributed by atoms with E-state index >= 15 is 0 Å². The Kier molecular flexibility index (Phi) is 3.05. The van der Waals surface area contributed by atoms with E-state index in [9.17, 15) is 32.3 Å². The van der Waals surface area contributed by atoms with Crippen molar-refractivity contribution in [2.75, 3.05) is 6.54 Å². The van der Waals surface area contributed by atoms with Crippen LogP contribution in [0.1, 0.15) is 45.4 Å².